The van der Waals surface area contributed by atoms with Crippen molar-refractivity contribution in [3.63, 3.8) is 0 Å². The Kier molecular flexibility index (Phi) is 2.36. The number of anilines is 4. The third-order valence-corrected chi connectivity index (χ3v) is 3.07. The van der Waals surface area contributed by atoms with Crippen LogP contribution in [0, 0.1) is 0 Å². The number of fused-ring (bicyclic) bond motifs is 2. The average Bonchev–Trinajstić information content (AvgIpc) is 2.32. The smallest absolute Gasteiger partial charge is 0.288 e. The molecule has 8 heteroatoms. The van der Waals surface area contributed by atoms with Crippen molar-refractivity contribution in [1.82, 2.24) is 10.2 Å². The van der Waals surface area contributed by atoms with Crippen molar-refractivity contribution in [2.45, 2.75) is 0 Å². The maximum atomic E-state index is 11.6. The molecule has 0 fully saturated rings. The predicted molar refractivity (Wildman–Crippen MR) is 70.7 cm³/mol. The van der Waals surface area contributed by atoms with E-state index in [1.54, 1.807) is 12.1 Å². The summed E-state index contributed by atoms with van der Waals surface area (Å²) in [6.07, 6.45) is 0. The van der Waals surface area contributed by atoms with Gasteiger partial charge in [0.1, 0.15) is 11.4 Å². The van der Waals surface area contributed by atoms with Gasteiger partial charge in [-0.25, -0.2) is 0 Å². The molecule has 1 aromatic heterocycles. The summed E-state index contributed by atoms with van der Waals surface area (Å²) in [7, 11) is 0. The number of hydrogen-bond donors (Lipinski definition) is 4. The highest BCUT2D eigenvalue weighted by Crippen LogP contribution is 2.41. The van der Waals surface area contributed by atoms with Crippen LogP contribution in [0.25, 0.3) is 0 Å². The van der Waals surface area contributed by atoms with Crippen molar-refractivity contribution in [2.24, 2.45) is 0 Å². The first-order valence-electron chi connectivity index (χ1n) is 4.94. The third-order valence-electron chi connectivity index (χ3n) is 2.56. The number of aromatic nitrogens is 2. The van der Waals surface area contributed by atoms with Crippen LogP contribution < -0.4 is 21.8 Å². The molecule has 6 nitrogen and oxygen atoms in total. The first kappa shape index (κ1) is 11.2. The fourth-order valence-electron chi connectivity index (χ4n) is 1.76. The summed E-state index contributed by atoms with van der Waals surface area (Å²) >= 11 is 11.9. The molecule has 0 saturated carbocycles. The fraction of sp³-hybridized carbons (Fsp3) is 0. The van der Waals surface area contributed by atoms with Gasteiger partial charge in [0.2, 0.25) is 0 Å². The van der Waals surface area contributed by atoms with E-state index in [4.69, 9.17) is 23.2 Å². The Balaban J connectivity index is 2.27. The van der Waals surface area contributed by atoms with E-state index in [0.717, 1.165) is 0 Å². The van der Waals surface area contributed by atoms with Gasteiger partial charge in [0.15, 0.2) is 0 Å². The molecule has 2 heterocycles. The van der Waals surface area contributed by atoms with E-state index in [9.17, 15) is 9.59 Å². The van der Waals surface area contributed by atoms with Gasteiger partial charge in [-0.3, -0.25) is 19.8 Å². The lowest BCUT2D eigenvalue weighted by atomic mass is 10.2. The highest BCUT2D eigenvalue weighted by molar-refractivity contribution is 6.37. The van der Waals surface area contributed by atoms with Gasteiger partial charge >= 0.3 is 0 Å². The SMILES string of the molecule is O=c1[nH][nH]c(=O)c2c1Nc1cc(Cl)cc(Cl)c1N2. The zero-order chi connectivity index (χ0) is 12.9. The predicted octanol–water partition coefficient (Wildman–Crippen LogP) is 2.17. The van der Waals surface area contributed by atoms with E-state index in [2.05, 4.69) is 20.8 Å². The molecule has 0 aliphatic carbocycles. The number of rotatable bonds is 0. The molecule has 92 valence electrons. The Morgan fingerprint density at radius 3 is 2.11 bits per heavy atom. The van der Waals surface area contributed by atoms with Gasteiger partial charge in [0, 0.05) is 5.02 Å². The Bertz CT molecular complexity index is 765. The van der Waals surface area contributed by atoms with Crippen LogP contribution in [0.15, 0.2) is 21.7 Å². The monoisotopic (exact) mass is 284 g/mol. The van der Waals surface area contributed by atoms with Gasteiger partial charge in [-0.05, 0) is 12.1 Å². The molecule has 18 heavy (non-hydrogen) atoms. The first-order valence-corrected chi connectivity index (χ1v) is 5.70. The normalized spacial score (nSPS) is 12.1. The summed E-state index contributed by atoms with van der Waals surface area (Å²) in [5.41, 5.74) is 0.397. The molecule has 1 aliphatic rings. The number of nitrogens with one attached hydrogen (secondary N) is 4. The fourth-order valence-corrected chi connectivity index (χ4v) is 2.30. The summed E-state index contributed by atoms with van der Waals surface area (Å²) in [6, 6.07) is 3.16. The zero-order valence-electron chi connectivity index (χ0n) is 8.73. The molecular formula is C10H6Cl2N4O2. The minimum absolute atomic E-state index is 0.121. The van der Waals surface area contributed by atoms with Gasteiger partial charge in [-0.2, -0.15) is 0 Å². The standard InChI is InChI=1S/C10H6Cl2N4O2/c11-3-1-4(12)6-5(2-3)13-7-8(14-6)10(18)16-15-9(7)17/h1-2,13-14H,(H,15,17)(H,16,18). The van der Waals surface area contributed by atoms with Crippen LogP contribution >= 0.6 is 23.2 Å². The largest absolute Gasteiger partial charge is 0.347 e. The van der Waals surface area contributed by atoms with Crippen LogP contribution in [0.1, 0.15) is 0 Å². The summed E-state index contributed by atoms with van der Waals surface area (Å²) in [5.74, 6) is 0. The lowest BCUT2D eigenvalue weighted by Gasteiger charge is -2.22. The first-order chi connectivity index (χ1) is 8.56. The lowest BCUT2D eigenvalue weighted by Crippen LogP contribution is -2.27. The van der Waals surface area contributed by atoms with Crippen molar-refractivity contribution in [3.05, 3.63) is 42.9 Å². The number of benzene rings is 1. The van der Waals surface area contributed by atoms with Crippen molar-refractivity contribution in [3.8, 4) is 0 Å². The van der Waals surface area contributed by atoms with E-state index in [1.807, 2.05) is 0 Å². The van der Waals surface area contributed by atoms with Gasteiger partial charge in [-0.15, -0.1) is 0 Å². The zero-order valence-corrected chi connectivity index (χ0v) is 10.2. The minimum Gasteiger partial charge on any atom is -0.347 e. The summed E-state index contributed by atoms with van der Waals surface area (Å²) in [6.45, 7) is 0. The third kappa shape index (κ3) is 1.58. The maximum Gasteiger partial charge on any atom is 0.288 e. The second kappa shape index (κ2) is 3.79. The molecule has 1 aromatic carbocycles. The van der Waals surface area contributed by atoms with Gasteiger partial charge in [0.05, 0.1) is 16.4 Å². The summed E-state index contributed by atoms with van der Waals surface area (Å²) in [4.78, 5) is 23.2. The molecule has 1 aliphatic heterocycles. The lowest BCUT2D eigenvalue weighted by molar-refractivity contribution is 0.955. The number of H-pyrrole nitrogens is 2. The molecule has 0 bridgehead atoms. The molecule has 4 N–H and O–H groups in total. The Labute approximate surface area is 110 Å². The van der Waals surface area contributed by atoms with Crippen molar-refractivity contribution >= 4 is 46.0 Å². The van der Waals surface area contributed by atoms with Crippen LogP contribution in [0.2, 0.25) is 10.0 Å². The molecular weight excluding hydrogens is 279 g/mol. The van der Waals surface area contributed by atoms with Crippen LogP contribution in [-0.4, -0.2) is 10.2 Å². The quantitative estimate of drug-likeness (QED) is 0.509. The van der Waals surface area contributed by atoms with Crippen LogP contribution in [-0.2, 0) is 0 Å². The number of aromatic amines is 2. The van der Waals surface area contributed by atoms with Crippen molar-refractivity contribution in [2.75, 3.05) is 10.6 Å². The number of hydrogen-bond acceptors (Lipinski definition) is 4. The molecule has 0 unspecified atom stereocenters. The maximum absolute atomic E-state index is 11.6. The molecule has 0 saturated heterocycles. The highest BCUT2D eigenvalue weighted by Gasteiger charge is 2.22. The Morgan fingerprint density at radius 2 is 1.44 bits per heavy atom. The second-order valence-electron chi connectivity index (χ2n) is 3.72. The second-order valence-corrected chi connectivity index (χ2v) is 4.56. The van der Waals surface area contributed by atoms with E-state index in [-0.39, 0.29) is 11.4 Å². The molecule has 0 radical (unpaired) electrons. The van der Waals surface area contributed by atoms with E-state index in [0.29, 0.717) is 21.4 Å². The van der Waals surface area contributed by atoms with Crippen LogP contribution in [0.3, 0.4) is 0 Å². The molecule has 0 spiro atoms. The molecule has 0 atom stereocenters. The van der Waals surface area contributed by atoms with Crippen LogP contribution in [0.4, 0.5) is 22.7 Å². The Hall–Kier alpha value is -1.92. The molecule has 0 amide bonds. The van der Waals surface area contributed by atoms with Gasteiger partial charge in [0.25, 0.3) is 11.1 Å². The summed E-state index contributed by atoms with van der Waals surface area (Å²) in [5, 5.41) is 10.9. The van der Waals surface area contributed by atoms with Gasteiger partial charge in [-0.1, -0.05) is 23.2 Å². The summed E-state index contributed by atoms with van der Waals surface area (Å²) < 4.78 is 0. The van der Waals surface area contributed by atoms with Crippen LogP contribution in [0.5, 0.6) is 0 Å². The van der Waals surface area contributed by atoms with E-state index < -0.39 is 11.1 Å². The highest BCUT2D eigenvalue weighted by atomic mass is 35.5. The number of halogens is 2. The minimum atomic E-state index is -0.450. The van der Waals surface area contributed by atoms with E-state index >= 15 is 0 Å². The van der Waals surface area contributed by atoms with E-state index in [1.165, 1.54) is 0 Å². The Morgan fingerprint density at radius 1 is 0.833 bits per heavy atom. The molecule has 2 aromatic rings. The van der Waals surface area contributed by atoms with Crippen molar-refractivity contribution in [1.29, 1.82) is 0 Å². The van der Waals surface area contributed by atoms with Gasteiger partial charge < -0.3 is 10.6 Å². The van der Waals surface area contributed by atoms with Crippen molar-refractivity contribution < 1.29 is 0 Å². The molecule has 3 rings (SSSR count). The average molecular weight is 285 g/mol. The topological polar surface area (TPSA) is 89.8 Å².